The first-order valence-electron chi connectivity index (χ1n) is 10.3. The fourth-order valence-electron chi connectivity index (χ4n) is 4.39. The minimum absolute atomic E-state index is 0.123. The van der Waals surface area contributed by atoms with E-state index in [0.29, 0.717) is 19.5 Å². The van der Waals surface area contributed by atoms with Crippen molar-refractivity contribution in [3.63, 3.8) is 0 Å². The monoisotopic (exact) mass is 396 g/mol. The van der Waals surface area contributed by atoms with E-state index in [2.05, 4.69) is 17.0 Å². The summed E-state index contributed by atoms with van der Waals surface area (Å²) >= 11 is 0. The van der Waals surface area contributed by atoms with Crippen LogP contribution in [0.25, 0.3) is 0 Å². The summed E-state index contributed by atoms with van der Waals surface area (Å²) in [6.45, 7) is 1.03. The van der Waals surface area contributed by atoms with E-state index in [1.807, 2.05) is 61.5 Å². The Morgan fingerprint density at radius 1 is 1.17 bits per heavy atom. The average molecular weight is 397 g/mol. The van der Waals surface area contributed by atoms with E-state index >= 15 is 0 Å². The zero-order valence-corrected chi connectivity index (χ0v) is 17.7. The molecule has 1 amide bonds. The van der Waals surface area contributed by atoms with Gasteiger partial charge in [-0.1, -0.05) is 42.5 Å². The van der Waals surface area contributed by atoms with Gasteiger partial charge in [0.2, 0.25) is 5.91 Å². The van der Waals surface area contributed by atoms with Crippen molar-refractivity contribution in [2.24, 2.45) is 0 Å². The van der Waals surface area contributed by atoms with Gasteiger partial charge in [0.15, 0.2) is 0 Å². The van der Waals surface area contributed by atoms with Gasteiger partial charge in [0.25, 0.3) is 0 Å². The van der Waals surface area contributed by atoms with Crippen LogP contribution in [-0.4, -0.2) is 61.2 Å². The van der Waals surface area contributed by atoms with Crippen LogP contribution < -0.4 is 4.74 Å². The Morgan fingerprint density at radius 3 is 2.45 bits per heavy atom. The number of aliphatic hydroxyl groups excluding tert-OH is 1. The molecule has 0 bridgehead atoms. The summed E-state index contributed by atoms with van der Waals surface area (Å²) in [5.74, 6) is 0.966. The third kappa shape index (κ3) is 4.62. The predicted molar refractivity (Wildman–Crippen MR) is 115 cm³/mol. The molecule has 0 aliphatic carbocycles. The van der Waals surface area contributed by atoms with Crippen LogP contribution in [0.3, 0.4) is 0 Å². The van der Waals surface area contributed by atoms with E-state index in [1.165, 1.54) is 5.56 Å². The second-order valence-electron chi connectivity index (χ2n) is 7.99. The first-order valence-corrected chi connectivity index (χ1v) is 10.3. The zero-order chi connectivity index (χ0) is 20.9. The van der Waals surface area contributed by atoms with Crippen LogP contribution in [0.4, 0.5) is 0 Å². The van der Waals surface area contributed by atoms with Crippen molar-refractivity contribution in [3.05, 3.63) is 65.7 Å². The van der Waals surface area contributed by atoms with Gasteiger partial charge in [-0.2, -0.15) is 0 Å². The van der Waals surface area contributed by atoms with Crippen LogP contribution in [0.2, 0.25) is 0 Å². The average Bonchev–Trinajstić information content (AvgIpc) is 2.74. The molecule has 2 aromatic carbocycles. The highest BCUT2D eigenvalue weighted by molar-refractivity contribution is 5.76. The zero-order valence-electron chi connectivity index (χ0n) is 17.7. The Morgan fingerprint density at radius 2 is 1.86 bits per heavy atom. The molecule has 5 nitrogen and oxygen atoms in total. The topological polar surface area (TPSA) is 53.0 Å². The quantitative estimate of drug-likeness (QED) is 0.782. The SMILES string of the molecule is COc1ccc(CCCC(=O)N2CC[C@@](c3ccccc3)(N(C)C)[C@H](O)C2)cc1. The minimum atomic E-state index is -0.626. The van der Waals surface area contributed by atoms with Gasteiger partial charge >= 0.3 is 0 Å². The molecule has 0 radical (unpaired) electrons. The lowest BCUT2D eigenvalue weighted by atomic mass is 9.77. The van der Waals surface area contributed by atoms with Crippen LogP contribution in [0, 0.1) is 0 Å². The summed E-state index contributed by atoms with van der Waals surface area (Å²) in [4.78, 5) is 16.7. The number of likely N-dealkylation sites (tertiary alicyclic amines) is 1. The van der Waals surface area contributed by atoms with Gasteiger partial charge < -0.3 is 14.7 Å². The number of nitrogens with zero attached hydrogens (tertiary/aromatic N) is 2. The molecule has 1 fully saturated rings. The number of hydrogen-bond acceptors (Lipinski definition) is 4. The van der Waals surface area contributed by atoms with E-state index in [9.17, 15) is 9.90 Å². The number of aryl methyl sites for hydroxylation is 1. The smallest absolute Gasteiger partial charge is 0.222 e. The molecule has 29 heavy (non-hydrogen) atoms. The van der Waals surface area contributed by atoms with Gasteiger partial charge in [0.1, 0.15) is 5.75 Å². The second kappa shape index (κ2) is 9.42. The number of carbonyl (C=O) groups is 1. The number of β-amino-alcohol motifs (C(OH)–C–C–N with tert-alkyl or cyclic N) is 1. The first-order chi connectivity index (χ1) is 14.0. The normalized spacial score (nSPS) is 22.0. The van der Waals surface area contributed by atoms with Gasteiger partial charge in [-0.25, -0.2) is 0 Å². The highest BCUT2D eigenvalue weighted by Crippen LogP contribution is 2.37. The van der Waals surface area contributed by atoms with Gasteiger partial charge in [0, 0.05) is 19.5 Å². The highest BCUT2D eigenvalue weighted by Gasteiger charge is 2.46. The van der Waals surface area contributed by atoms with Crippen LogP contribution >= 0.6 is 0 Å². The molecule has 1 heterocycles. The second-order valence-corrected chi connectivity index (χ2v) is 7.99. The van der Waals surface area contributed by atoms with Crippen molar-refractivity contribution in [2.45, 2.75) is 37.3 Å². The summed E-state index contributed by atoms with van der Waals surface area (Å²) in [5.41, 5.74) is 1.85. The number of likely N-dealkylation sites (N-methyl/N-ethyl adjacent to an activating group) is 1. The molecule has 0 saturated carbocycles. The molecule has 0 spiro atoms. The Bertz CT molecular complexity index is 792. The number of carbonyl (C=O) groups excluding carboxylic acids is 1. The molecule has 0 unspecified atom stereocenters. The first kappa shape index (κ1) is 21.3. The predicted octanol–water partition coefficient (Wildman–Crippen LogP) is 3.07. The summed E-state index contributed by atoms with van der Waals surface area (Å²) < 4.78 is 5.18. The van der Waals surface area contributed by atoms with Gasteiger partial charge in [0.05, 0.1) is 18.8 Å². The highest BCUT2D eigenvalue weighted by atomic mass is 16.5. The number of methoxy groups -OCH3 is 1. The molecule has 156 valence electrons. The van der Waals surface area contributed by atoms with E-state index < -0.39 is 11.6 Å². The summed E-state index contributed by atoms with van der Waals surface area (Å²) in [6, 6.07) is 18.1. The van der Waals surface area contributed by atoms with Crippen LogP contribution in [0.5, 0.6) is 5.75 Å². The van der Waals surface area contributed by atoms with Crippen molar-refractivity contribution >= 4 is 5.91 Å². The van der Waals surface area contributed by atoms with E-state index in [-0.39, 0.29) is 5.91 Å². The van der Waals surface area contributed by atoms with Gasteiger partial charge in [-0.15, -0.1) is 0 Å². The molecular weight excluding hydrogens is 364 g/mol. The van der Waals surface area contributed by atoms with E-state index in [4.69, 9.17) is 4.74 Å². The molecule has 3 rings (SSSR count). The number of piperidine rings is 1. The molecule has 1 N–H and O–H groups in total. The lowest BCUT2D eigenvalue weighted by molar-refractivity contribution is -0.140. The molecule has 1 aliphatic heterocycles. The lowest BCUT2D eigenvalue weighted by Crippen LogP contribution is -2.60. The van der Waals surface area contributed by atoms with Crippen LogP contribution in [0.1, 0.15) is 30.4 Å². The fourth-order valence-corrected chi connectivity index (χ4v) is 4.39. The summed E-state index contributed by atoms with van der Waals surface area (Å²) in [7, 11) is 5.66. The molecule has 5 heteroatoms. The summed E-state index contributed by atoms with van der Waals surface area (Å²) in [5, 5.41) is 11.1. The van der Waals surface area contributed by atoms with Crippen molar-refractivity contribution in [1.29, 1.82) is 0 Å². The number of ether oxygens (including phenoxy) is 1. The van der Waals surface area contributed by atoms with Crippen molar-refractivity contribution in [3.8, 4) is 5.75 Å². The number of rotatable bonds is 7. The number of benzene rings is 2. The minimum Gasteiger partial charge on any atom is -0.497 e. The Hall–Kier alpha value is -2.37. The van der Waals surface area contributed by atoms with Crippen LogP contribution in [0.15, 0.2) is 54.6 Å². The van der Waals surface area contributed by atoms with Crippen molar-refractivity contribution in [1.82, 2.24) is 9.80 Å². The maximum absolute atomic E-state index is 12.7. The van der Waals surface area contributed by atoms with Gasteiger partial charge in [-0.3, -0.25) is 9.69 Å². The van der Waals surface area contributed by atoms with E-state index in [1.54, 1.807) is 7.11 Å². The molecule has 1 aliphatic rings. The Kier molecular flexibility index (Phi) is 6.93. The molecular formula is C24H32N2O3. The Labute approximate surface area is 173 Å². The molecule has 2 aromatic rings. The number of hydrogen-bond donors (Lipinski definition) is 1. The maximum Gasteiger partial charge on any atom is 0.222 e. The number of amides is 1. The number of aliphatic hydroxyl groups is 1. The van der Waals surface area contributed by atoms with Gasteiger partial charge in [-0.05, 0) is 56.6 Å². The third-order valence-corrected chi connectivity index (χ3v) is 6.15. The van der Waals surface area contributed by atoms with Crippen LogP contribution in [-0.2, 0) is 16.8 Å². The third-order valence-electron chi connectivity index (χ3n) is 6.15. The molecule has 0 aromatic heterocycles. The maximum atomic E-state index is 12.7. The van der Waals surface area contributed by atoms with E-state index in [0.717, 1.165) is 30.6 Å². The Balaban J connectivity index is 1.57. The van der Waals surface area contributed by atoms with Crippen molar-refractivity contribution in [2.75, 3.05) is 34.3 Å². The van der Waals surface area contributed by atoms with Crippen molar-refractivity contribution < 1.29 is 14.6 Å². The lowest BCUT2D eigenvalue weighted by Gasteiger charge is -2.49. The molecule has 2 atom stereocenters. The standard InChI is InChI=1S/C24H32N2O3/c1-25(2)24(20-9-5-4-6-10-20)16-17-26(18-22(24)27)23(28)11-7-8-19-12-14-21(29-3)15-13-19/h4-6,9-10,12-15,22,27H,7-8,11,16-18H2,1-3H3/t22-,24+/m1/s1. The fraction of sp³-hybridized carbons (Fsp3) is 0.458. The molecule has 1 saturated heterocycles. The summed E-state index contributed by atoms with van der Waals surface area (Å²) in [6.07, 6.45) is 2.25. The largest absolute Gasteiger partial charge is 0.497 e.